The SMILES string of the molecule is COc1ccc(S(=O)(=O)NC2CCCCNC2=O)cc1F. The van der Waals surface area contributed by atoms with Crippen molar-refractivity contribution in [2.75, 3.05) is 13.7 Å². The number of rotatable bonds is 4. The van der Waals surface area contributed by atoms with Gasteiger partial charge in [-0.25, -0.2) is 12.8 Å². The van der Waals surface area contributed by atoms with Crippen LogP contribution in [0, 0.1) is 5.82 Å². The zero-order valence-corrected chi connectivity index (χ0v) is 12.4. The number of carbonyl (C=O) groups excluding carboxylic acids is 1. The van der Waals surface area contributed by atoms with E-state index in [2.05, 4.69) is 10.0 Å². The zero-order chi connectivity index (χ0) is 15.5. The van der Waals surface area contributed by atoms with Crippen LogP contribution in [0.15, 0.2) is 23.1 Å². The smallest absolute Gasteiger partial charge is 0.241 e. The van der Waals surface area contributed by atoms with Gasteiger partial charge in [-0.3, -0.25) is 4.79 Å². The second-order valence-corrected chi connectivity index (χ2v) is 6.47. The van der Waals surface area contributed by atoms with E-state index in [-0.39, 0.29) is 16.6 Å². The van der Waals surface area contributed by atoms with Gasteiger partial charge >= 0.3 is 0 Å². The maximum Gasteiger partial charge on any atom is 0.241 e. The number of hydrogen-bond acceptors (Lipinski definition) is 4. The third-order valence-electron chi connectivity index (χ3n) is 3.27. The van der Waals surface area contributed by atoms with Crippen molar-refractivity contribution in [1.82, 2.24) is 10.0 Å². The van der Waals surface area contributed by atoms with Crippen LogP contribution in [-0.4, -0.2) is 34.0 Å². The summed E-state index contributed by atoms with van der Waals surface area (Å²) >= 11 is 0. The summed E-state index contributed by atoms with van der Waals surface area (Å²) in [6.07, 6.45) is 1.97. The topological polar surface area (TPSA) is 84.5 Å². The summed E-state index contributed by atoms with van der Waals surface area (Å²) in [6.45, 7) is 0.536. The Labute approximate surface area is 122 Å². The van der Waals surface area contributed by atoms with Crippen LogP contribution < -0.4 is 14.8 Å². The lowest BCUT2D eigenvalue weighted by atomic mass is 10.1. The van der Waals surface area contributed by atoms with E-state index in [0.717, 1.165) is 18.9 Å². The fourth-order valence-corrected chi connectivity index (χ4v) is 3.36. The normalized spacial score (nSPS) is 19.7. The first-order chi connectivity index (χ1) is 9.94. The highest BCUT2D eigenvalue weighted by Gasteiger charge is 2.27. The summed E-state index contributed by atoms with van der Waals surface area (Å²) in [5.41, 5.74) is 0. The predicted molar refractivity (Wildman–Crippen MR) is 73.9 cm³/mol. The Morgan fingerprint density at radius 1 is 1.38 bits per heavy atom. The van der Waals surface area contributed by atoms with E-state index >= 15 is 0 Å². The Kier molecular flexibility index (Phi) is 4.79. The number of benzene rings is 1. The number of hydrogen-bond donors (Lipinski definition) is 2. The summed E-state index contributed by atoms with van der Waals surface area (Å²) in [5, 5.41) is 2.64. The second kappa shape index (κ2) is 6.40. The number of carbonyl (C=O) groups is 1. The van der Waals surface area contributed by atoms with Gasteiger partial charge in [0.15, 0.2) is 11.6 Å². The molecule has 21 heavy (non-hydrogen) atoms. The second-order valence-electron chi connectivity index (χ2n) is 4.76. The van der Waals surface area contributed by atoms with Crippen LogP contribution >= 0.6 is 0 Å². The lowest BCUT2D eigenvalue weighted by molar-refractivity contribution is -0.122. The summed E-state index contributed by atoms with van der Waals surface area (Å²) in [6, 6.07) is 2.51. The molecular formula is C13H17FN2O4S. The van der Waals surface area contributed by atoms with E-state index in [1.54, 1.807) is 0 Å². The van der Waals surface area contributed by atoms with Crippen LogP contribution in [-0.2, 0) is 14.8 Å². The fourth-order valence-electron chi connectivity index (χ4n) is 2.12. The highest BCUT2D eigenvalue weighted by Crippen LogP contribution is 2.21. The van der Waals surface area contributed by atoms with Gasteiger partial charge in [0.05, 0.1) is 12.0 Å². The van der Waals surface area contributed by atoms with E-state index < -0.39 is 21.9 Å². The Bertz CT molecular complexity index is 633. The minimum absolute atomic E-state index is 0.0406. The van der Waals surface area contributed by atoms with E-state index in [4.69, 9.17) is 4.74 Å². The third-order valence-corrected chi connectivity index (χ3v) is 4.74. The summed E-state index contributed by atoms with van der Waals surface area (Å²) in [5.74, 6) is -1.17. The quantitative estimate of drug-likeness (QED) is 0.860. The van der Waals surface area contributed by atoms with E-state index in [0.29, 0.717) is 13.0 Å². The van der Waals surface area contributed by atoms with Crippen LogP contribution in [0.4, 0.5) is 4.39 Å². The van der Waals surface area contributed by atoms with Gasteiger partial charge in [0.1, 0.15) is 6.04 Å². The molecule has 1 heterocycles. The fraction of sp³-hybridized carbons (Fsp3) is 0.462. The molecule has 1 amide bonds. The average Bonchev–Trinajstić information content (AvgIpc) is 2.64. The van der Waals surface area contributed by atoms with Crippen molar-refractivity contribution in [1.29, 1.82) is 0 Å². The van der Waals surface area contributed by atoms with Crippen molar-refractivity contribution in [2.45, 2.75) is 30.2 Å². The molecule has 1 aromatic rings. The predicted octanol–water partition coefficient (Wildman–Crippen LogP) is 0.781. The summed E-state index contributed by atoms with van der Waals surface area (Å²) in [4.78, 5) is 11.5. The number of nitrogens with one attached hydrogen (secondary N) is 2. The molecule has 1 aliphatic rings. The molecule has 0 aliphatic carbocycles. The Morgan fingerprint density at radius 3 is 2.81 bits per heavy atom. The molecule has 0 aromatic heterocycles. The standard InChI is InChI=1S/C13H17FN2O4S/c1-20-12-6-5-9(8-10(12)14)21(18,19)16-11-4-2-3-7-15-13(11)17/h5-6,8,11,16H,2-4,7H2,1H3,(H,15,17). The number of sulfonamides is 1. The zero-order valence-electron chi connectivity index (χ0n) is 11.6. The molecule has 2 rings (SSSR count). The van der Waals surface area contributed by atoms with Crippen LogP contribution in [0.1, 0.15) is 19.3 Å². The maximum absolute atomic E-state index is 13.6. The van der Waals surface area contributed by atoms with Gasteiger partial charge in [-0.15, -0.1) is 0 Å². The van der Waals surface area contributed by atoms with E-state index in [1.807, 2.05) is 0 Å². The first-order valence-electron chi connectivity index (χ1n) is 6.57. The molecule has 1 fully saturated rings. The van der Waals surface area contributed by atoms with Gasteiger partial charge in [0.2, 0.25) is 15.9 Å². The Hall–Kier alpha value is -1.67. The molecule has 6 nitrogen and oxygen atoms in total. The van der Waals surface area contributed by atoms with Crippen LogP contribution in [0.2, 0.25) is 0 Å². The molecule has 1 atom stereocenters. The lowest BCUT2D eigenvalue weighted by Gasteiger charge is -2.15. The van der Waals surface area contributed by atoms with Crippen LogP contribution in [0.5, 0.6) is 5.75 Å². The number of methoxy groups -OCH3 is 1. The molecule has 8 heteroatoms. The van der Waals surface area contributed by atoms with Gasteiger partial charge in [-0.2, -0.15) is 4.72 Å². The van der Waals surface area contributed by atoms with Crippen molar-refractivity contribution >= 4 is 15.9 Å². The van der Waals surface area contributed by atoms with Gasteiger partial charge in [-0.05, 0) is 37.5 Å². The number of ether oxygens (including phenoxy) is 1. The lowest BCUT2D eigenvalue weighted by Crippen LogP contribution is -2.45. The number of halogens is 1. The van der Waals surface area contributed by atoms with Gasteiger partial charge in [0.25, 0.3) is 0 Å². The molecule has 0 radical (unpaired) electrons. The molecule has 1 saturated heterocycles. The molecule has 1 unspecified atom stereocenters. The molecule has 0 saturated carbocycles. The minimum atomic E-state index is -3.96. The van der Waals surface area contributed by atoms with Crippen LogP contribution in [0.3, 0.4) is 0 Å². The molecule has 0 spiro atoms. The number of amides is 1. The molecule has 116 valence electrons. The minimum Gasteiger partial charge on any atom is -0.494 e. The molecule has 0 bridgehead atoms. The highest BCUT2D eigenvalue weighted by molar-refractivity contribution is 7.89. The summed E-state index contributed by atoms with van der Waals surface area (Å²) < 4.78 is 45.1. The molecule has 1 aromatic carbocycles. The Balaban J connectivity index is 2.21. The average molecular weight is 316 g/mol. The highest BCUT2D eigenvalue weighted by atomic mass is 32.2. The van der Waals surface area contributed by atoms with Crippen molar-refractivity contribution in [2.24, 2.45) is 0 Å². The Morgan fingerprint density at radius 2 is 2.14 bits per heavy atom. The van der Waals surface area contributed by atoms with Crippen molar-refractivity contribution < 1.29 is 22.3 Å². The van der Waals surface area contributed by atoms with Gasteiger partial charge in [0, 0.05) is 6.54 Å². The monoisotopic (exact) mass is 316 g/mol. The van der Waals surface area contributed by atoms with E-state index in [1.165, 1.54) is 19.2 Å². The summed E-state index contributed by atoms with van der Waals surface area (Å²) in [7, 11) is -2.67. The first kappa shape index (κ1) is 15.7. The molecule has 1 aliphatic heterocycles. The van der Waals surface area contributed by atoms with Crippen molar-refractivity contribution in [3.8, 4) is 5.75 Å². The van der Waals surface area contributed by atoms with Crippen molar-refractivity contribution in [3.05, 3.63) is 24.0 Å². The first-order valence-corrected chi connectivity index (χ1v) is 8.06. The largest absolute Gasteiger partial charge is 0.494 e. The maximum atomic E-state index is 13.6. The third kappa shape index (κ3) is 3.70. The van der Waals surface area contributed by atoms with E-state index in [9.17, 15) is 17.6 Å². The van der Waals surface area contributed by atoms with Gasteiger partial charge in [-0.1, -0.05) is 0 Å². The molecular weight excluding hydrogens is 299 g/mol. The molecule has 2 N–H and O–H groups in total. The van der Waals surface area contributed by atoms with Gasteiger partial charge < -0.3 is 10.1 Å². The van der Waals surface area contributed by atoms with Crippen molar-refractivity contribution in [3.63, 3.8) is 0 Å². The van der Waals surface area contributed by atoms with Crippen LogP contribution in [0.25, 0.3) is 0 Å².